The second kappa shape index (κ2) is 10.1. The Bertz CT molecular complexity index is 1420. The highest BCUT2D eigenvalue weighted by atomic mass is 32.2. The molecule has 1 amide bonds. The van der Waals surface area contributed by atoms with Crippen LogP contribution in [0.5, 0.6) is 5.75 Å². The summed E-state index contributed by atoms with van der Waals surface area (Å²) < 4.78 is 5.22. The summed E-state index contributed by atoms with van der Waals surface area (Å²) in [4.78, 5) is 22.8. The summed E-state index contributed by atoms with van der Waals surface area (Å²) in [5, 5.41) is 6.90. The van der Waals surface area contributed by atoms with Gasteiger partial charge in [-0.1, -0.05) is 66.4 Å². The monoisotopic (exact) mass is 483 g/mol. The van der Waals surface area contributed by atoms with Crippen LogP contribution >= 0.6 is 23.1 Å². The van der Waals surface area contributed by atoms with Gasteiger partial charge in [0.2, 0.25) is 5.91 Å². The van der Waals surface area contributed by atoms with Gasteiger partial charge in [0.25, 0.3) is 0 Å². The number of hydrogen-bond acceptors (Lipinski definition) is 6. The number of pyridine rings is 1. The standard InChI is InChI=1S/C27H21N3O2S2/c1-32-21-14-11-19(12-15-21)23-17-33-27(29-23)30-26(31)25(20-8-3-2-4-9-20)34-24-16-13-18-7-5-6-10-22(18)28-24/h2-17,25H,1H3,(H,29,30,31)/t25-/m0/s1. The summed E-state index contributed by atoms with van der Waals surface area (Å²) in [7, 11) is 1.64. The normalized spacial score (nSPS) is 11.8. The number of nitrogens with one attached hydrogen (secondary N) is 1. The SMILES string of the molecule is COc1ccc(-c2csc(NC(=O)[C@@H](Sc3ccc4ccccc4n3)c3ccccc3)n2)cc1. The fourth-order valence-corrected chi connectivity index (χ4v) is 5.25. The van der Waals surface area contributed by atoms with Gasteiger partial charge in [-0.15, -0.1) is 11.3 Å². The molecule has 0 spiro atoms. The van der Waals surface area contributed by atoms with Gasteiger partial charge in [-0.05, 0) is 42.0 Å². The third-order valence-corrected chi connectivity index (χ3v) is 7.22. The summed E-state index contributed by atoms with van der Waals surface area (Å²) >= 11 is 2.84. The number of thiazole rings is 1. The van der Waals surface area contributed by atoms with Crippen molar-refractivity contribution >= 4 is 45.0 Å². The van der Waals surface area contributed by atoms with E-state index >= 15 is 0 Å². The molecule has 0 saturated heterocycles. The van der Waals surface area contributed by atoms with Crippen LogP contribution in [0.4, 0.5) is 5.13 Å². The van der Waals surface area contributed by atoms with Gasteiger partial charge >= 0.3 is 0 Å². The number of thioether (sulfide) groups is 1. The van der Waals surface area contributed by atoms with Crippen molar-refractivity contribution < 1.29 is 9.53 Å². The summed E-state index contributed by atoms with van der Waals surface area (Å²) in [5.41, 5.74) is 3.59. The number of amides is 1. The van der Waals surface area contributed by atoms with Gasteiger partial charge in [-0.2, -0.15) is 0 Å². The molecule has 0 unspecified atom stereocenters. The number of aromatic nitrogens is 2. The van der Waals surface area contributed by atoms with E-state index in [-0.39, 0.29) is 5.91 Å². The maximum Gasteiger partial charge on any atom is 0.244 e. The van der Waals surface area contributed by atoms with Crippen LogP contribution < -0.4 is 10.1 Å². The lowest BCUT2D eigenvalue weighted by atomic mass is 10.1. The molecule has 3 aromatic carbocycles. The zero-order valence-electron chi connectivity index (χ0n) is 18.3. The van der Waals surface area contributed by atoms with Gasteiger partial charge in [-0.3, -0.25) is 4.79 Å². The summed E-state index contributed by atoms with van der Waals surface area (Å²) in [6.45, 7) is 0. The molecule has 2 aromatic heterocycles. The second-order valence-corrected chi connectivity index (χ2v) is 9.49. The number of nitrogens with zero attached hydrogens (tertiary/aromatic N) is 2. The van der Waals surface area contributed by atoms with E-state index in [9.17, 15) is 4.79 Å². The summed E-state index contributed by atoms with van der Waals surface area (Å²) in [6, 6.07) is 29.4. The molecule has 0 aliphatic carbocycles. The van der Waals surface area contributed by atoms with E-state index in [1.807, 2.05) is 96.4 Å². The van der Waals surface area contributed by atoms with Crippen LogP contribution in [0.15, 0.2) is 101 Å². The van der Waals surface area contributed by atoms with Crippen molar-refractivity contribution in [2.45, 2.75) is 10.3 Å². The molecule has 1 N–H and O–H groups in total. The Balaban J connectivity index is 1.38. The lowest BCUT2D eigenvalue weighted by Gasteiger charge is -2.16. The van der Waals surface area contributed by atoms with Crippen LogP contribution in [0.25, 0.3) is 22.2 Å². The molecule has 0 radical (unpaired) electrons. The molecule has 5 aromatic rings. The summed E-state index contributed by atoms with van der Waals surface area (Å²) in [5.74, 6) is 0.652. The molecule has 5 nitrogen and oxygen atoms in total. The van der Waals surface area contributed by atoms with Crippen molar-refractivity contribution in [3.63, 3.8) is 0 Å². The molecule has 1 atom stereocenters. The van der Waals surface area contributed by atoms with Gasteiger partial charge in [0.15, 0.2) is 5.13 Å². The third kappa shape index (κ3) is 4.95. The molecular weight excluding hydrogens is 462 g/mol. The second-order valence-electron chi connectivity index (χ2n) is 7.51. The van der Waals surface area contributed by atoms with Crippen LogP contribution in [-0.4, -0.2) is 23.0 Å². The Morgan fingerprint density at radius 1 is 0.912 bits per heavy atom. The fourth-order valence-electron chi connectivity index (χ4n) is 3.53. The van der Waals surface area contributed by atoms with Gasteiger partial charge in [0.1, 0.15) is 11.0 Å². The topological polar surface area (TPSA) is 64.1 Å². The molecule has 0 bridgehead atoms. The van der Waals surface area contributed by atoms with Crippen molar-refractivity contribution in [1.82, 2.24) is 9.97 Å². The van der Waals surface area contributed by atoms with E-state index in [0.29, 0.717) is 5.13 Å². The van der Waals surface area contributed by atoms with Crippen LogP contribution in [-0.2, 0) is 4.79 Å². The number of rotatable bonds is 7. The molecule has 2 heterocycles. The first kappa shape index (κ1) is 22.1. The van der Waals surface area contributed by atoms with Crippen molar-refractivity contribution in [2.24, 2.45) is 0 Å². The Morgan fingerprint density at radius 3 is 2.47 bits per heavy atom. The number of ether oxygens (including phenoxy) is 1. The lowest BCUT2D eigenvalue weighted by Crippen LogP contribution is -2.19. The molecule has 0 aliphatic heterocycles. The predicted molar refractivity (Wildman–Crippen MR) is 140 cm³/mol. The summed E-state index contributed by atoms with van der Waals surface area (Å²) in [6.07, 6.45) is 0. The van der Waals surface area contributed by atoms with E-state index < -0.39 is 5.25 Å². The smallest absolute Gasteiger partial charge is 0.244 e. The number of methoxy groups -OCH3 is 1. The average molecular weight is 484 g/mol. The minimum absolute atomic E-state index is 0.137. The van der Waals surface area contributed by atoms with Crippen molar-refractivity contribution in [3.05, 3.63) is 102 Å². The molecule has 34 heavy (non-hydrogen) atoms. The zero-order chi connectivity index (χ0) is 23.3. The van der Waals surface area contributed by atoms with Crippen molar-refractivity contribution in [3.8, 4) is 17.0 Å². The predicted octanol–water partition coefficient (Wildman–Crippen LogP) is 6.84. The number of para-hydroxylation sites is 1. The number of carbonyl (C=O) groups excluding carboxylic acids is 1. The highest BCUT2D eigenvalue weighted by molar-refractivity contribution is 8.00. The molecule has 0 aliphatic rings. The maximum absolute atomic E-state index is 13.4. The maximum atomic E-state index is 13.4. The van der Waals surface area contributed by atoms with Gasteiger partial charge in [0.05, 0.1) is 23.3 Å². The highest BCUT2D eigenvalue weighted by Gasteiger charge is 2.24. The van der Waals surface area contributed by atoms with Crippen molar-refractivity contribution in [2.75, 3.05) is 12.4 Å². The number of carbonyl (C=O) groups is 1. The molecule has 168 valence electrons. The third-order valence-electron chi connectivity index (χ3n) is 5.27. The van der Waals surface area contributed by atoms with E-state index in [1.54, 1.807) is 7.11 Å². The van der Waals surface area contributed by atoms with Crippen LogP contribution in [0, 0.1) is 0 Å². The van der Waals surface area contributed by atoms with Gasteiger partial charge in [-0.25, -0.2) is 9.97 Å². The lowest BCUT2D eigenvalue weighted by molar-refractivity contribution is -0.115. The molecule has 0 fully saturated rings. The zero-order valence-corrected chi connectivity index (χ0v) is 20.0. The first-order chi connectivity index (χ1) is 16.7. The first-order valence-electron chi connectivity index (χ1n) is 10.7. The molecule has 7 heteroatoms. The van der Waals surface area contributed by atoms with E-state index in [1.165, 1.54) is 23.1 Å². The Kier molecular flexibility index (Phi) is 6.56. The van der Waals surface area contributed by atoms with E-state index in [2.05, 4.69) is 10.3 Å². The van der Waals surface area contributed by atoms with Crippen LogP contribution in [0.2, 0.25) is 0 Å². The largest absolute Gasteiger partial charge is 0.497 e. The van der Waals surface area contributed by atoms with Gasteiger partial charge < -0.3 is 10.1 Å². The van der Waals surface area contributed by atoms with Crippen LogP contribution in [0.3, 0.4) is 0 Å². The molecular formula is C27H21N3O2S2. The van der Waals surface area contributed by atoms with Crippen molar-refractivity contribution in [1.29, 1.82) is 0 Å². The first-order valence-corrected chi connectivity index (χ1v) is 12.4. The minimum Gasteiger partial charge on any atom is -0.497 e. The van der Waals surface area contributed by atoms with Gasteiger partial charge in [0, 0.05) is 16.3 Å². The molecule has 0 saturated carbocycles. The van der Waals surface area contributed by atoms with Crippen LogP contribution in [0.1, 0.15) is 10.8 Å². The number of hydrogen-bond donors (Lipinski definition) is 1. The minimum atomic E-state index is -0.469. The molecule has 5 rings (SSSR count). The number of anilines is 1. The Morgan fingerprint density at radius 2 is 1.68 bits per heavy atom. The quantitative estimate of drug-likeness (QED) is 0.257. The fraction of sp³-hybridized carbons (Fsp3) is 0.0741. The number of benzene rings is 3. The van der Waals surface area contributed by atoms with E-state index in [4.69, 9.17) is 9.72 Å². The van der Waals surface area contributed by atoms with E-state index in [0.717, 1.165) is 38.5 Å². The highest BCUT2D eigenvalue weighted by Crippen LogP contribution is 2.36. The number of fused-ring (bicyclic) bond motifs is 1. The average Bonchev–Trinajstić information content (AvgIpc) is 3.36. The Labute approximate surface area is 205 Å². The Hall–Kier alpha value is -3.68.